The van der Waals surface area contributed by atoms with Crippen molar-refractivity contribution < 1.29 is 33.9 Å². The fourth-order valence-electron chi connectivity index (χ4n) is 0.204. The topological polar surface area (TPSA) is 143 Å². The molecule has 0 amide bonds. The van der Waals surface area contributed by atoms with E-state index in [2.05, 4.69) is 0 Å². The smallest absolute Gasteiger partial charge is 0.0418 e. The molecule has 0 saturated carbocycles. The van der Waals surface area contributed by atoms with Gasteiger partial charge in [-0.05, 0) is 12.8 Å². The van der Waals surface area contributed by atoms with Crippen LogP contribution in [0.5, 0.6) is 0 Å². The van der Waals surface area contributed by atoms with Crippen molar-refractivity contribution in [3.8, 4) is 0 Å². The van der Waals surface area contributed by atoms with Crippen LogP contribution in [-0.4, -0.2) is 21.1 Å². The molecule has 0 spiro atoms. The van der Waals surface area contributed by atoms with E-state index in [-0.39, 0.29) is 0 Å². The highest BCUT2D eigenvalue weighted by atomic mass is 28.3. The summed E-state index contributed by atoms with van der Waals surface area (Å²) in [5.41, 5.74) is 0. The van der Waals surface area contributed by atoms with Crippen LogP contribution >= 0.6 is 0 Å². The molecule has 0 aliphatic heterocycles. The van der Waals surface area contributed by atoms with Gasteiger partial charge in [-0.1, -0.05) is 0 Å². The molecule has 70 valence electrons. The Morgan fingerprint density at radius 3 is 1.25 bits per heavy atom. The fourth-order valence-corrected chi connectivity index (χ4v) is 0.204. The molecule has 0 unspecified atom stereocenters. The van der Waals surface area contributed by atoms with Gasteiger partial charge in [-0.2, -0.15) is 0 Å². The summed E-state index contributed by atoms with van der Waals surface area (Å²) in [7, 11) is -3.63. The minimum atomic E-state index is -3.63. The third-order valence-electron chi connectivity index (χ3n) is 0.533. The number of carbonyl (C=O) groups is 2. The maximum atomic E-state index is 9.50. The lowest BCUT2D eigenvalue weighted by Crippen LogP contribution is -2.34. The Labute approximate surface area is 68.8 Å². The molecule has 0 aromatic heterocycles. The van der Waals surface area contributed by atoms with Crippen LogP contribution in [0.2, 0.25) is 0 Å². The Morgan fingerprint density at radius 2 is 1.17 bits per heavy atom. The Bertz CT molecular complexity index is 158. The van der Waals surface area contributed by atoms with Gasteiger partial charge in [-0.15, -0.1) is 0 Å². The highest BCUT2D eigenvalue weighted by Crippen LogP contribution is 1.81. The number of hydrogen-bond acceptors (Lipinski definition) is 7. The second-order valence-electron chi connectivity index (χ2n) is 1.49. The molecule has 0 aliphatic carbocycles. The highest BCUT2D eigenvalue weighted by molar-refractivity contribution is 6.17. The van der Waals surface area contributed by atoms with Crippen LogP contribution in [0.1, 0.15) is 12.8 Å². The SMILES string of the molecule is O=C([O-])CCC(=O)[O-].O=[Si]([O-])[O-]. The summed E-state index contributed by atoms with van der Waals surface area (Å²) in [6.07, 6.45) is -0.940. The van der Waals surface area contributed by atoms with Gasteiger partial charge in [-0.25, -0.2) is 0 Å². The van der Waals surface area contributed by atoms with Crippen LogP contribution in [0.4, 0.5) is 0 Å². The number of carbonyl (C=O) groups excluding carboxylic acids is 2. The zero-order chi connectivity index (χ0) is 10.1. The van der Waals surface area contributed by atoms with Gasteiger partial charge in [-0.3, -0.25) is 0 Å². The van der Waals surface area contributed by atoms with Crippen molar-refractivity contribution in [1.82, 2.24) is 0 Å². The highest BCUT2D eigenvalue weighted by Gasteiger charge is 1.85. The molecule has 0 fully saturated rings. The minimum Gasteiger partial charge on any atom is -0.672 e. The molecule has 0 radical (unpaired) electrons. The van der Waals surface area contributed by atoms with Crippen LogP contribution < -0.4 is 19.8 Å². The van der Waals surface area contributed by atoms with E-state index in [0.29, 0.717) is 0 Å². The summed E-state index contributed by atoms with van der Waals surface area (Å²) in [5.74, 6) is -2.73. The molecule has 0 atom stereocenters. The van der Waals surface area contributed by atoms with E-state index in [4.69, 9.17) is 14.1 Å². The molecule has 0 aromatic carbocycles. The third kappa shape index (κ3) is 38.6. The van der Waals surface area contributed by atoms with Gasteiger partial charge in [0.2, 0.25) is 0 Å². The van der Waals surface area contributed by atoms with Crippen LogP contribution in [0.25, 0.3) is 0 Å². The van der Waals surface area contributed by atoms with Gasteiger partial charge in [0.15, 0.2) is 0 Å². The molecule has 0 heterocycles. The lowest BCUT2D eigenvalue weighted by Gasteiger charge is -2.00. The van der Waals surface area contributed by atoms with Crippen LogP contribution in [0.15, 0.2) is 0 Å². The van der Waals surface area contributed by atoms with Gasteiger partial charge in [0.05, 0.1) is 0 Å². The van der Waals surface area contributed by atoms with Gasteiger partial charge < -0.3 is 33.9 Å². The normalized spacial score (nSPS) is 7.67. The second kappa shape index (κ2) is 7.66. The molecule has 7 nitrogen and oxygen atoms in total. The minimum absolute atomic E-state index is 0.470. The van der Waals surface area contributed by atoms with E-state index in [1.54, 1.807) is 0 Å². The lowest BCUT2D eigenvalue weighted by molar-refractivity contribution is -0.354. The number of rotatable bonds is 3. The molecule has 12 heavy (non-hydrogen) atoms. The first-order chi connectivity index (χ1) is 5.36. The lowest BCUT2D eigenvalue weighted by atomic mass is 10.3. The molecule has 8 heteroatoms. The average molecular weight is 192 g/mol. The van der Waals surface area contributed by atoms with E-state index in [1.165, 1.54) is 0 Å². The van der Waals surface area contributed by atoms with Crippen LogP contribution in [-0.2, 0) is 14.1 Å². The summed E-state index contributed by atoms with van der Waals surface area (Å²) in [6.45, 7) is 0. The number of carboxylic acids is 2. The van der Waals surface area contributed by atoms with E-state index in [0.717, 1.165) is 0 Å². The molecular formula is C4H4O7Si-4. The molecule has 0 aliphatic rings. The van der Waals surface area contributed by atoms with E-state index < -0.39 is 34.0 Å². The van der Waals surface area contributed by atoms with E-state index >= 15 is 0 Å². The van der Waals surface area contributed by atoms with E-state index in [1.807, 2.05) is 0 Å². The molecule has 0 N–H and O–H groups in total. The Balaban J connectivity index is 0. The van der Waals surface area contributed by atoms with Gasteiger partial charge in [0.1, 0.15) is 0 Å². The third-order valence-corrected chi connectivity index (χ3v) is 0.533. The first-order valence-electron chi connectivity index (χ1n) is 2.64. The van der Waals surface area contributed by atoms with Crippen LogP contribution in [0, 0.1) is 0 Å². The number of hydrogen-bond donors (Lipinski definition) is 0. The number of carboxylic acid groups (broad SMARTS) is 2. The second-order valence-corrected chi connectivity index (χ2v) is 1.99. The number of aliphatic carboxylic acids is 2. The Kier molecular flexibility index (Phi) is 8.41. The monoisotopic (exact) mass is 192 g/mol. The summed E-state index contributed by atoms with van der Waals surface area (Å²) in [6, 6.07) is 0. The molecule has 0 saturated heterocycles. The van der Waals surface area contributed by atoms with Crippen molar-refractivity contribution in [2.24, 2.45) is 0 Å². The maximum absolute atomic E-state index is 9.50. The molecule has 0 bridgehead atoms. The summed E-state index contributed by atoms with van der Waals surface area (Å²) < 4.78 is 8.52. The Hall–Kier alpha value is -1.44. The Morgan fingerprint density at radius 1 is 1.00 bits per heavy atom. The zero-order valence-electron chi connectivity index (χ0n) is 5.77. The quantitative estimate of drug-likeness (QED) is 0.405. The van der Waals surface area contributed by atoms with Gasteiger partial charge in [0.25, 0.3) is 0 Å². The van der Waals surface area contributed by atoms with Crippen molar-refractivity contribution in [2.45, 2.75) is 12.8 Å². The van der Waals surface area contributed by atoms with Crippen molar-refractivity contribution in [3.05, 3.63) is 0 Å². The van der Waals surface area contributed by atoms with Crippen molar-refractivity contribution in [2.75, 3.05) is 0 Å². The predicted octanol–water partition coefficient (Wildman–Crippen LogP) is -5.61. The summed E-state index contributed by atoms with van der Waals surface area (Å²) >= 11 is 0. The molecular weight excluding hydrogens is 188 g/mol. The zero-order valence-corrected chi connectivity index (χ0v) is 6.77. The summed E-state index contributed by atoms with van der Waals surface area (Å²) in [4.78, 5) is 36.0. The largest absolute Gasteiger partial charge is 0.672 e. The van der Waals surface area contributed by atoms with Gasteiger partial charge in [0, 0.05) is 21.1 Å². The predicted molar refractivity (Wildman–Crippen MR) is 25.7 cm³/mol. The standard InChI is InChI=1S/C4H6O4.O3Si/c5-3(6)1-2-4(7)8;1-4(2)3/h1-2H2,(H,5,6)(H,7,8);/q;-2/p-2. The fraction of sp³-hybridized carbons (Fsp3) is 0.500. The maximum Gasteiger partial charge on any atom is 0.0418 e. The van der Waals surface area contributed by atoms with Gasteiger partial charge >= 0.3 is 0 Å². The summed E-state index contributed by atoms with van der Waals surface area (Å²) in [5, 5.41) is 19.0. The van der Waals surface area contributed by atoms with Crippen molar-refractivity contribution >= 4 is 21.1 Å². The van der Waals surface area contributed by atoms with Crippen molar-refractivity contribution in [3.63, 3.8) is 0 Å². The van der Waals surface area contributed by atoms with Crippen LogP contribution in [0.3, 0.4) is 0 Å². The first-order valence-corrected chi connectivity index (χ1v) is 3.86. The first kappa shape index (κ1) is 13.2. The van der Waals surface area contributed by atoms with E-state index in [9.17, 15) is 19.8 Å². The van der Waals surface area contributed by atoms with Crippen molar-refractivity contribution in [1.29, 1.82) is 0 Å². The average Bonchev–Trinajstić information content (AvgIpc) is 1.82. The molecule has 0 rings (SSSR count). The molecule has 0 aromatic rings.